The molecule has 4 heterocycles. The fourth-order valence-electron chi connectivity index (χ4n) is 3.71. The summed E-state index contributed by atoms with van der Waals surface area (Å²) in [5, 5.41) is 12.7. The van der Waals surface area contributed by atoms with Gasteiger partial charge in [-0.3, -0.25) is 0 Å². The van der Waals surface area contributed by atoms with Gasteiger partial charge in [-0.1, -0.05) is 6.92 Å². The minimum atomic E-state index is -3.34. The van der Waals surface area contributed by atoms with Gasteiger partial charge in [0.1, 0.15) is 6.33 Å². The summed E-state index contributed by atoms with van der Waals surface area (Å²) in [6.07, 6.45) is 5.14. The summed E-state index contributed by atoms with van der Waals surface area (Å²) < 4.78 is 30.7. The quantitative estimate of drug-likeness (QED) is 0.771. The molecule has 0 atom stereocenters. The standard InChI is InChI=1S/C16H25N7O2S/c1-2-14-12-15(16-18-17-13-23(16)19-14)20-6-5-9-22(11-10-20)26(24,25)21-7-3-4-8-21/h12-13H,2-11H2,1H3. The van der Waals surface area contributed by atoms with Crippen molar-refractivity contribution in [2.75, 3.05) is 44.2 Å². The van der Waals surface area contributed by atoms with Crippen molar-refractivity contribution in [1.29, 1.82) is 0 Å². The lowest BCUT2D eigenvalue weighted by molar-refractivity contribution is 0.373. The number of hydrogen-bond donors (Lipinski definition) is 0. The van der Waals surface area contributed by atoms with Crippen LogP contribution in [0.4, 0.5) is 5.69 Å². The van der Waals surface area contributed by atoms with Gasteiger partial charge >= 0.3 is 0 Å². The molecule has 26 heavy (non-hydrogen) atoms. The summed E-state index contributed by atoms with van der Waals surface area (Å²) in [5.41, 5.74) is 2.67. The summed E-state index contributed by atoms with van der Waals surface area (Å²) in [6.45, 7) is 5.84. The highest BCUT2D eigenvalue weighted by Crippen LogP contribution is 2.24. The molecule has 2 aromatic heterocycles. The molecule has 0 saturated carbocycles. The Kier molecular flexibility index (Phi) is 4.80. The third kappa shape index (κ3) is 3.17. The van der Waals surface area contributed by atoms with E-state index >= 15 is 0 Å². The van der Waals surface area contributed by atoms with Crippen LogP contribution in [-0.2, 0) is 16.6 Å². The molecule has 2 fully saturated rings. The van der Waals surface area contributed by atoms with Crippen molar-refractivity contribution < 1.29 is 8.42 Å². The zero-order chi connectivity index (χ0) is 18.1. The molecule has 2 aromatic rings. The number of fused-ring (bicyclic) bond motifs is 1. The second-order valence-corrected chi connectivity index (χ2v) is 8.76. The van der Waals surface area contributed by atoms with Gasteiger partial charge in [-0.15, -0.1) is 10.2 Å². The van der Waals surface area contributed by atoms with E-state index in [2.05, 4.69) is 33.2 Å². The SMILES string of the molecule is CCc1cc(N2CCCN(S(=O)(=O)N3CCCC3)CC2)c2nncn2n1. The summed E-state index contributed by atoms with van der Waals surface area (Å²) in [6, 6.07) is 2.05. The van der Waals surface area contributed by atoms with E-state index in [0.29, 0.717) is 32.7 Å². The third-order valence-electron chi connectivity index (χ3n) is 5.17. The topological polar surface area (TPSA) is 86.9 Å². The van der Waals surface area contributed by atoms with Gasteiger partial charge < -0.3 is 4.90 Å². The van der Waals surface area contributed by atoms with Crippen molar-refractivity contribution in [3.05, 3.63) is 18.1 Å². The number of rotatable bonds is 4. The lowest BCUT2D eigenvalue weighted by Crippen LogP contribution is -2.44. The predicted molar refractivity (Wildman–Crippen MR) is 98.3 cm³/mol. The zero-order valence-electron chi connectivity index (χ0n) is 15.1. The monoisotopic (exact) mass is 379 g/mol. The predicted octanol–water partition coefficient (Wildman–Crippen LogP) is 0.539. The Morgan fingerprint density at radius 3 is 2.50 bits per heavy atom. The van der Waals surface area contributed by atoms with Gasteiger partial charge in [-0.25, -0.2) is 0 Å². The van der Waals surface area contributed by atoms with E-state index in [4.69, 9.17) is 0 Å². The number of aryl methyl sites for hydroxylation is 1. The zero-order valence-corrected chi connectivity index (χ0v) is 15.9. The van der Waals surface area contributed by atoms with Crippen molar-refractivity contribution in [3.8, 4) is 0 Å². The number of nitrogens with zero attached hydrogens (tertiary/aromatic N) is 7. The normalized spacial score (nSPS) is 20.7. The van der Waals surface area contributed by atoms with Crippen molar-refractivity contribution in [2.24, 2.45) is 0 Å². The molecule has 0 bridgehead atoms. The summed E-state index contributed by atoms with van der Waals surface area (Å²) in [4.78, 5) is 2.21. The molecule has 2 aliphatic rings. The van der Waals surface area contributed by atoms with E-state index in [1.807, 2.05) is 0 Å². The van der Waals surface area contributed by atoms with Gasteiger partial charge in [-0.2, -0.15) is 26.6 Å². The Morgan fingerprint density at radius 1 is 1.00 bits per heavy atom. The maximum atomic E-state index is 12.9. The molecule has 0 radical (unpaired) electrons. The first-order valence-electron chi connectivity index (χ1n) is 9.29. The number of anilines is 1. The Labute approximate surface area is 153 Å². The first kappa shape index (κ1) is 17.6. The third-order valence-corrected chi connectivity index (χ3v) is 7.21. The van der Waals surface area contributed by atoms with Crippen LogP contribution in [-0.4, -0.2) is 76.1 Å². The Bertz CT molecular complexity index is 876. The Morgan fingerprint density at radius 2 is 1.73 bits per heavy atom. The van der Waals surface area contributed by atoms with Crippen LogP contribution in [0.25, 0.3) is 5.65 Å². The highest BCUT2D eigenvalue weighted by Gasteiger charge is 2.33. The molecule has 4 rings (SSSR count). The largest absolute Gasteiger partial charge is 0.367 e. The molecule has 0 aliphatic carbocycles. The highest BCUT2D eigenvalue weighted by atomic mass is 32.2. The van der Waals surface area contributed by atoms with Crippen LogP contribution < -0.4 is 4.90 Å². The van der Waals surface area contributed by atoms with Crippen LogP contribution in [0.1, 0.15) is 31.9 Å². The Balaban J connectivity index is 1.57. The van der Waals surface area contributed by atoms with E-state index < -0.39 is 10.2 Å². The molecular formula is C16H25N7O2S. The maximum absolute atomic E-state index is 12.9. The van der Waals surface area contributed by atoms with E-state index in [0.717, 1.165) is 49.3 Å². The van der Waals surface area contributed by atoms with Gasteiger partial charge in [0.05, 0.1) is 11.4 Å². The molecule has 0 amide bonds. The molecule has 0 aromatic carbocycles. The molecule has 2 aliphatic heterocycles. The fourth-order valence-corrected chi connectivity index (χ4v) is 5.43. The minimum Gasteiger partial charge on any atom is -0.367 e. The summed E-state index contributed by atoms with van der Waals surface area (Å²) >= 11 is 0. The average molecular weight is 379 g/mol. The maximum Gasteiger partial charge on any atom is 0.282 e. The average Bonchev–Trinajstić information content (AvgIpc) is 3.28. The van der Waals surface area contributed by atoms with Gasteiger partial charge in [0.25, 0.3) is 10.2 Å². The van der Waals surface area contributed by atoms with Gasteiger partial charge in [0, 0.05) is 39.3 Å². The molecule has 0 N–H and O–H groups in total. The van der Waals surface area contributed by atoms with E-state index in [1.54, 1.807) is 19.5 Å². The van der Waals surface area contributed by atoms with Crippen molar-refractivity contribution in [1.82, 2.24) is 28.4 Å². The van der Waals surface area contributed by atoms with Gasteiger partial charge in [0.15, 0.2) is 0 Å². The number of hydrogen-bond acceptors (Lipinski definition) is 6. The number of aromatic nitrogens is 4. The van der Waals surface area contributed by atoms with Crippen LogP contribution in [0.3, 0.4) is 0 Å². The van der Waals surface area contributed by atoms with Crippen LogP contribution in [0.15, 0.2) is 12.4 Å². The van der Waals surface area contributed by atoms with Crippen LogP contribution in [0.5, 0.6) is 0 Å². The van der Waals surface area contributed by atoms with E-state index in [1.165, 1.54) is 0 Å². The molecule has 0 spiro atoms. The van der Waals surface area contributed by atoms with Crippen LogP contribution in [0, 0.1) is 0 Å². The second-order valence-electron chi connectivity index (χ2n) is 6.83. The Hall–Kier alpha value is -1.78. The first-order valence-corrected chi connectivity index (χ1v) is 10.7. The highest BCUT2D eigenvalue weighted by molar-refractivity contribution is 7.86. The van der Waals surface area contributed by atoms with E-state index in [-0.39, 0.29) is 0 Å². The summed E-state index contributed by atoms with van der Waals surface area (Å²) in [5.74, 6) is 0. The molecule has 142 valence electrons. The molecule has 9 nitrogen and oxygen atoms in total. The van der Waals surface area contributed by atoms with Gasteiger partial charge in [-0.05, 0) is 31.7 Å². The van der Waals surface area contributed by atoms with Crippen molar-refractivity contribution >= 4 is 21.5 Å². The van der Waals surface area contributed by atoms with Crippen LogP contribution in [0.2, 0.25) is 0 Å². The summed E-state index contributed by atoms with van der Waals surface area (Å²) in [7, 11) is -3.34. The molecular weight excluding hydrogens is 354 g/mol. The lowest BCUT2D eigenvalue weighted by Gasteiger charge is -2.26. The molecule has 2 saturated heterocycles. The fraction of sp³-hybridized carbons (Fsp3) is 0.688. The van der Waals surface area contributed by atoms with E-state index in [9.17, 15) is 8.42 Å². The van der Waals surface area contributed by atoms with Gasteiger partial charge in [0.2, 0.25) is 5.65 Å². The second kappa shape index (κ2) is 7.09. The lowest BCUT2D eigenvalue weighted by atomic mass is 10.2. The minimum absolute atomic E-state index is 0.489. The van der Waals surface area contributed by atoms with Crippen molar-refractivity contribution in [2.45, 2.75) is 32.6 Å². The van der Waals surface area contributed by atoms with Crippen LogP contribution >= 0.6 is 0 Å². The van der Waals surface area contributed by atoms with Crippen molar-refractivity contribution in [3.63, 3.8) is 0 Å². The smallest absolute Gasteiger partial charge is 0.282 e. The molecule has 10 heteroatoms. The first-order chi connectivity index (χ1) is 12.6. The molecule has 0 unspecified atom stereocenters.